The lowest BCUT2D eigenvalue weighted by Crippen LogP contribution is -2.53. The summed E-state index contributed by atoms with van der Waals surface area (Å²) in [5.74, 6) is -3.12. The zero-order chi connectivity index (χ0) is 31.5. The number of nitrogens with zero attached hydrogens (tertiary/aromatic N) is 2. The normalized spacial score (nSPS) is 26.1. The van der Waals surface area contributed by atoms with Crippen LogP contribution in [0.3, 0.4) is 0 Å². The number of ketones is 1. The average molecular weight is 604 g/mol. The molecule has 8 nitrogen and oxygen atoms in total. The van der Waals surface area contributed by atoms with Gasteiger partial charge in [-0.05, 0) is 49.8 Å². The molecule has 4 rings (SSSR count). The van der Waals surface area contributed by atoms with Crippen molar-refractivity contribution >= 4 is 26.9 Å². The highest BCUT2D eigenvalue weighted by Gasteiger charge is 2.62. The van der Waals surface area contributed by atoms with Crippen LogP contribution >= 0.6 is 0 Å². The Balaban J connectivity index is 1.78. The van der Waals surface area contributed by atoms with Crippen LogP contribution in [0.1, 0.15) is 89.3 Å². The summed E-state index contributed by atoms with van der Waals surface area (Å²) in [6, 6.07) is 5.30. The van der Waals surface area contributed by atoms with Crippen molar-refractivity contribution in [3.8, 4) is 11.6 Å². The number of Topliss-reactive ketones (excluding diaryl/α,β-unsaturated/α-hetero) is 1. The van der Waals surface area contributed by atoms with E-state index in [4.69, 9.17) is 14.9 Å². The van der Waals surface area contributed by atoms with Gasteiger partial charge in [0.1, 0.15) is 16.2 Å². The van der Waals surface area contributed by atoms with Gasteiger partial charge in [0.05, 0.1) is 23.7 Å². The number of carbonyl (C=O) groups excluding carboxylic acids is 1. The van der Waals surface area contributed by atoms with Crippen molar-refractivity contribution in [1.29, 1.82) is 5.41 Å². The average Bonchev–Trinajstić information content (AvgIpc) is 2.94. The number of carbonyl (C=O) groups is 1. The molecule has 0 amide bonds. The molecular formula is C31H39F2N3O5S. The number of halogens is 2. The van der Waals surface area contributed by atoms with Gasteiger partial charge in [0.2, 0.25) is 11.7 Å². The van der Waals surface area contributed by atoms with Crippen LogP contribution in [0.5, 0.6) is 11.6 Å². The molecule has 3 atom stereocenters. The van der Waals surface area contributed by atoms with Crippen molar-refractivity contribution in [3.05, 3.63) is 54.0 Å². The lowest BCUT2D eigenvalue weighted by Gasteiger charge is -2.50. The van der Waals surface area contributed by atoms with E-state index >= 15 is 0 Å². The first-order chi connectivity index (χ1) is 19.3. The van der Waals surface area contributed by atoms with Crippen LogP contribution in [0, 0.1) is 10.8 Å². The molecule has 2 aromatic rings. The lowest BCUT2D eigenvalue weighted by molar-refractivity contribution is -0.0243. The van der Waals surface area contributed by atoms with Crippen molar-refractivity contribution in [1.82, 2.24) is 9.97 Å². The van der Waals surface area contributed by atoms with Crippen LogP contribution < -0.4 is 9.47 Å². The molecule has 1 aromatic heterocycles. The summed E-state index contributed by atoms with van der Waals surface area (Å²) in [7, 11) is -3.79. The fourth-order valence-corrected chi connectivity index (χ4v) is 8.52. The molecule has 0 spiro atoms. The Morgan fingerprint density at radius 2 is 1.86 bits per heavy atom. The minimum Gasteiger partial charge on any atom is -0.490 e. The number of sulfone groups is 1. The van der Waals surface area contributed by atoms with Crippen LogP contribution in [0.4, 0.5) is 8.78 Å². The standard InChI is InChI=1S/C31H39F2N3O5S/c1-9-20-13-25-28(3,4)30(7,14-24(34)29(5,6)42(25,38)39)21-12-19(10-11-23(21)41-20)18(2)27(37)22-15-36-26(16-35-22)40-17-31(8,32)33/h10-12,15-16,20,25,34H,2,9,13-14,17H2,1,3-8H3. The zero-order valence-corrected chi connectivity index (χ0v) is 26.0. The van der Waals surface area contributed by atoms with E-state index < -0.39 is 49.0 Å². The topological polar surface area (TPSA) is 119 Å². The summed E-state index contributed by atoms with van der Waals surface area (Å²) < 4.78 is 64.4. The minimum atomic E-state index is -3.79. The largest absolute Gasteiger partial charge is 0.490 e. The molecule has 1 saturated heterocycles. The molecule has 1 aromatic carbocycles. The van der Waals surface area contributed by atoms with E-state index in [2.05, 4.69) is 16.5 Å². The second-order valence-electron chi connectivity index (χ2n) is 12.8. The number of ether oxygens (including phenoxy) is 2. The van der Waals surface area contributed by atoms with Crippen molar-refractivity contribution in [2.75, 3.05) is 6.61 Å². The first-order valence-electron chi connectivity index (χ1n) is 14.0. The number of fused-ring (bicyclic) bond motifs is 4. The lowest BCUT2D eigenvalue weighted by atomic mass is 9.57. The fourth-order valence-electron chi connectivity index (χ4n) is 5.89. The third-order valence-corrected chi connectivity index (χ3v) is 12.5. The van der Waals surface area contributed by atoms with Crippen molar-refractivity contribution in [2.24, 2.45) is 5.41 Å². The Morgan fingerprint density at radius 1 is 1.19 bits per heavy atom. The van der Waals surface area contributed by atoms with Gasteiger partial charge >= 0.3 is 0 Å². The second-order valence-corrected chi connectivity index (χ2v) is 15.4. The predicted octanol–water partition coefficient (Wildman–Crippen LogP) is 6.24. The van der Waals surface area contributed by atoms with Crippen molar-refractivity contribution < 1.29 is 31.5 Å². The summed E-state index contributed by atoms with van der Waals surface area (Å²) in [4.78, 5) is 21.3. The van der Waals surface area contributed by atoms with E-state index in [0.717, 1.165) is 19.3 Å². The van der Waals surface area contributed by atoms with Crippen LogP contribution in [-0.4, -0.2) is 58.5 Å². The van der Waals surface area contributed by atoms with Gasteiger partial charge in [0, 0.05) is 35.6 Å². The zero-order valence-electron chi connectivity index (χ0n) is 25.2. The van der Waals surface area contributed by atoms with Crippen LogP contribution in [0.15, 0.2) is 37.2 Å². The number of hydrogen-bond acceptors (Lipinski definition) is 8. The maximum absolute atomic E-state index is 14.1. The van der Waals surface area contributed by atoms with E-state index in [9.17, 15) is 22.0 Å². The van der Waals surface area contributed by atoms with E-state index in [1.807, 2.05) is 27.7 Å². The molecule has 3 unspecified atom stereocenters. The minimum absolute atomic E-state index is 0.0414. The first-order valence-corrected chi connectivity index (χ1v) is 15.5. The van der Waals surface area contributed by atoms with Crippen molar-refractivity contribution in [2.45, 2.75) is 95.2 Å². The van der Waals surface area contributed by atoms with Crippen LogP contribution in [-0.2, 0) is 15.3 Å². The molecule has 2 aliphatic rings. The second kappa shape index (κ2) is 10.5. The Kier molecular flexibility index (Phi) is 7.93. The predicted molar refractivity (Wildman–Crippen MR) is 158 cm³/mol. The number of alkyl halides is 2. The van der Waals surface area contributed by atoms with Gasteiger partial charge in [-0.25, -0.2) is 27.2 Å². The van der Waals surface area contributed by atoms with Gasteiger partial charge in [0.15, 0.2) is 16.4 Å². The Morgan fingerprint density at radius 3 is 2.43 bits per heavy atom. The number of benzene rings is 1. The maximum atomic E-state index is 14.1. The number of rotatable bonds is 7. The molecule has 0 saturated carbocycles. The third-order valence-electron chi connectivity index (χ3n) is 9.33. The van der Waals surface area contributed by atoms with Gasteiger partial charge in [-0.15, -0.1) is 0 Å². The summed E-state index contributed by atoms with van der Waals surface area (Å²) in [6.45, 7) is 14.9. The van der Waals surface area contributed by atoms with E-state index in [1.165, 1.54) is 0 Å². The van der Waals surface area contributed by atoms with Gasteiger partial charge in [-0.3, -0.25) is 4.79 Å². The highest BCUT2D eigenvalue weighted by Crippen LogP contribution is 2.58. The van der Waals surface area contributed by atoms with Gasteiger partial charge in [-0.2, -0.15) is 0 Å². The van der Waals surface area contributed by atoms with E-state index in [0.29, 0.717) is 29.7 Å². The SMILES string of the molecule is C=C(C(=O)c1cnc(OCC(C)(F)F)cn1)c1ccc2c(c1)C1(C)CC(=N)C(C)(C)S(=O)(=O)C(CC(CC)O2)C1(C)C. The van der Waals surface area contributed by atoms with Crippen molar-refractivity contribution in [3.63, 3.8) is 0 Å². The molecule has 1 fully saturated rings. The summed E-state index contributed by atoms with van der Waals surface area (Å²) in [5, 5.41) is 8.19. The molecule has 2 aliphatic heterocycles. The highest BCUT2D eigenvalue weighted by molar-refractivity contribution is 7.94. The molecule has 1 N–H and O–H groups in total. The van der Waals surface area contributed by atoms with Gasteiger partial charge < -0.3 is 14.9 Å². The molecule has 3 heterocycles. The quantitative estimate of drug-likeness (QED) is 0.294. The van der Waals surface area contributed by atoms with E-state index in [1.54, 1.807) is 32.0 Å². The highest BCUT2D eigenvalue weighted by atomic mass is 32.2. The Labute approximate surface area is 246 Å². The molecule has 228 valence electrons. The number of nitrogens with one attached hydrogen (secondary N) is 1. The molecule has 11 heteroatoms. The molecule has 2 bridgehead atoms. The summed E-state index contributed by atoms with van der Waals surface area (Å²) in [5.41, 5.74) is -0.267. The number of hydrogen-bond donors (Lipinski definition) is 1. The molecular weight excluding hydrogens is 564 g/mol. The molecule has 0 aliphatic carbocycles. The number of aromatic nitrogens is 2. The van der Waals surface area contributed by atoms with Crippen LogP contribution in [0.2, 0.25) is 0 Å². The van der Waals surface area contributed by atoms with Gasteiger partial charge in [0.25, 0.3) is 5.92 Å². The number of allylic oxidation sites excluding steroid dienone is 1. The third kappa shape index (κ3) is 5.24. The maximum Gasteiger partial charge on any atom is 0.278 e. The summed E-state index contributed by atoms with van der Waals surface area (Å²) in [6.07, 6.45) is 2.97. The molecule has 42 heavy (non-hydrogen) atoms. The smallest absolute Gasteiger partial charge is 0.278 e. The van der Waals surface area contributed by atoms with Crippen LogP contribution in [0.25, 0.3) is 5.57 Å². The van der Waals surface area contributed by atoms with Gasteiger partial charge in [-0.1, -0.05) is 40.3 Å². The Bertz CT molecular complexity index is 1530. The first kappa shape index (κ1) is 31.7. The van der Waals surface area contributed by atoms with E-state index in [-0.39, 0.29) is 35.4 Å². The monoisotopic (exact) mass is 603 g/mol. The fraction of sp³-hybridized carbons (Fsp3) is 0.548. The Hall–Kier alpha value is -3.21. The summed E-state index contributed by atoms with van der Waals surface area (Å²) >= 11 is 0. The molecule has 0 radical (unpaired) electrons.